The van der Waals surface area contributed by atoms with Crippen LogP contribution in [0.2, 0.25) is 0 Å². The zero-order valence-corrected chi connectivity index (χ0v) is 12.3. The monoisotopic (exact) mass is 321 g/mol. The van der Waals surface area contributed by atoms with Crippen LogP contribution >= 0.6 is 0 Å². The first-order valence-electron chi connectivity index (χ1n) is 5.69. The van der Waals surface area contributed by atoms with Crippen molar-refractivity contribution >= 4 is 26.8 Å². The highest BCUT2D eigenvalue weighted by Crippen LogP contribution is 2.21. The highest BCUT2D eigenvalue weighted by atomic mass is 32.2. The fourth-order valence-electron chi connectivity index (χ4n) is 1.37. The third-order valence-electron chi connectivity index (χ3n) is 2.45. The van der Waals surface area contributed by atoms with Gasteiger partial charge in [0.2, 0.25) is 10.0 Å². The van der Waals surface area contributed by atoms with Crippen molar-refractivity contribution in [2.45, 2.75) is 11.8 Å². The Morgan fingerprint density at radius 2 is 2.05 bits per heavy atom. The van der Waals surface area contributed by atoms with Crippen molar-refractivity contribution in [3.05, 3.63) is 23.8 Å². The molecular formula is C11H15NO6S2. The SMILES string of the molecule is CCS(=O)CCNS(=O)(=O)c1ccc(O)c(C(=O)O)c1. The van der Waals surface area contributed by atoms with Crippen LogP contribution in [0, 0.1) is 0 Å². The summed E-state index contributed by atoms with van der Waals surface area (Å²) in [6.07, 6.45) is 0. The Morgan fingerprint density at radius 1 is 1.40 bits per heavy atom. The summed E-state index contributed by atoms with van der Waals surface area (Å²) in [7, 11) is -4.99. The molecule has 3 N–H and O–H groups in total. The standard InChI is InChI=1S/C11H15NO6S2/c1-2-19(16)6-5-12-20(17,18)8-3-4-10(13)9(7-8)11(14)15/h3-4,7,12-13H,2,5-6H2,1H3,(H,14,15). The molecule has 0 aliphatic rings. The summed E-state index contributed by atoms with van der Waals surface area (Å²) in [6, 6.07) is 2.97. The van der Waals surface area contributed by atoms with Crippen LogP contribution in [0.5, 0.6) is 5.75 Å². The maximum absolute atomic E-state index is 11.9. The minimum Gasteiger partial charge on any atom is -0.507 e. The van der Waals surface area contributed by atoms with Gasteiger partial charge >= 0.3 is 5.97 Å². The average molecular weight is 321 g/mol. The van der Waals surface area contributed by atoms with Gasteiger partial charge < -0.3 is 10.2 Å². The second-order valence-corrected chi connectivity index (χ2v) is 7.45. The quantitative estimate of drug-likeness (QED) is 0.657. The van der Waals surface area contributed by atoms with E-state index in [2.05, 4.69) is 4.72 Å². The zero-order chi connectivity index (χ0) is 15.3. The number of aromatic carboxylic acids is 1. The first-order chi connectivity index (χ1) is 9.27. The molecule has 0 aliphatic heterocycles. The van der Waals surface area contributed by atoms with Crippen LogP contribution < -0.4 is 4.72 Å². The minimum absolute atomic E-state index is 0.00787. The first-order valence-corrected chi connectivity index (χ1v) is 8.66. The van der Waals surface area contributed by atoms with E-state index >= 15 is 0 Å². The summed E-state index contributed by atoms with van der Waals surface area (Å²) in [5.41, 5.74) is -0.495. The number of hydrogen-bond donors (Lipinski definition) is 3. The Hall–Kier alpha value is -1.45. The Balaban J connectivity index is 2.90. The number of phenols is 1. The van der Waals surface area contributed by atoms with Crippen molar-refractivity contribution in [2.24, 2.45) is 0 Å². The number of nitrogens with one attached hydrogen (secondary N) is 1. The van der Waals surface area contributed by atoms with E-state index in [-0.39, 0.29) is 17.2 Å². The first kappa shape index (κ1) is 16.6. The van der Waals surface area contributed by atoms with E-state index in [1.807, 2.05) is 0 Å². The third kappa shape index (κ3) is 4.29. The van der Waals surface area contributed by atoms with Crippen molar-refractivity contribution in [1.29, 1.82) is 0 Å². The van der Waals surface area contributed by atoms with E-state index in [1.165, 1.54) is 0 Å². The maximum atomic E-state index is 11.9. The summed E-state index contributed by atoms with van der Waals surface area (Å²) >= 11 is 0. The average Bonchev–Trinajstić information content (AvgIpc) is 2.38. The lowest BCUT2D eigenvalue weighted by atomic mass is 10.2. The molecule has 1 unspecified atom stereocenters. The van der Waals surface area contributed by atoms with Gasteiger partial charge in [-0.15, -0.1) is 0 Å². The smallest absolute Gasteiger partial charge is 0.339 e. The van der Waals surface area contributed by atoms with Crippen molar-refractivity contribution in [1.82, 2.24) is 4.72 Å². The summed E-state index contributed by atoms with van der Waals surface area (Å²) in [4.78, 5) is 10.6. The summed E-state index contributed by atoms with van der Waals surface area (Å²) in [5.74, 6) is -1.32. The van der Waals surface area contributed by atoms with Gasteiger partial charge in [-0.2, -0.15) is 0 Å². The van der Waals surface area contributed by atoms with E-state index in [9.17, 15) is 22.5 Å². The molecule has 112 valence electrons. The number of sulfonamides is 1. The second-order valence-electron chi connectivity index (χ2n) is 3.81. The van der Waals surface area contributed by atoms with Crippen LogP contribution in [0.25, 0.3) is 0 Å². The molecule has 0 aliphatic carbocycles. The molecule has 0 spiro atoms. The van der Waals surface area contributed by atoms with Gasteiger partial charge in [-0.05, 0) is 18.2 Å². The molecule has 1 rings (SSSR count). The summed E-state index contributed by atoms with van der Waals surface area (Å²) in [6.45, 7) is 1.72. The largest absolute Gasteiger partial charge is 0.507 e. The predicted octanol–water partition coefficient (Wildman–Crippen LogP) is 0.137. The van der Waals surface area contributed by atoms with E-state index in [0.29, 0.717) is 5.75 Å². The topological polar surface area (TPSA) is 121 Å². The molecule has 0 fully saturated rings. The molecule has 0 bridgehead atoms. The van der Waals surface area contributed by atoms with Gasteiger partial charge in [0, 0.05) is 28.9 Å². The van der Waals surface area contributed by atoms with Crippen LogP contribution in [0.1, 0.15) is 17.3 Å². The van der Waals surface area contributed by atoms with Crippen LogP contribution in [-0.2, 0) is 20.8 Å². The number of carbonyl (C=O) groups is 1. The molecule has 0 heterocycles. The van der Waals surface area contributed by atoms with Crippen molar-refractivity contribution < 1.29 is 27.6 Å². The van der Waals surface area contributed by atoms with Crippen molar-refractivity contribution in [3.8, 4) is 5.75 Å². The lowest BCUT2D eigenvalue weighted by Gasteiger charge is -2.08. The van der Waals surface area contributed by atoms with Crippen LogP contribution in [0.3, 0.4) is 0 Å². The summed E-state index contributed by atoms with van der Waals surface area (Å²) < 4.78 is 37.2. The lowest BCUT2D eigenvalue weighted by molar-refractivity contribution is 0.0693. The molecule has 0 amide bonds. The molecule has 20 heavy (non-hydrogen) atoms. The van der Waals surface area contributed by atoms with Gasteiger partial charge in [0.1, 0.15) is 11.3 Å². The van der Waals surface area contributed by atoms with Gasteiger partial charge in [-0.25, -0.2) is 17.9 Å². The van der Waals surface area contributed by atoms with Gasteiger partial charge in [0.05, 0.1) is 4.90 Å². The fourth-order valence-corrected chi connectivity index (χ4v) is 3.18. The summed E-state index contributed by atoms with van der Waals surface area (Å²) in [5, 5.41) is 18.1. The van der Waals surface area contributed by atoms with E-state index in [4.69, 9.17) is 5.11 Å². The van der Waals surface area contributed by atoms with Gasteiger partial charge in [0.25, 0.3) is 0 Å². The molecule has 0 saturated carbocycles. The Labute approximate surface area is 119 Å². The van der Waals surface area contributed by atoms with Gasteiger partial charge in [-0.1, -0.05) is 6.92 Å². The van der Waals surface area contributed by atoms with Crippen molar-refractivity contribution in [3.63, 3.8) is 0 Å². The van der Waals surface area contributed by atoms with Crippen LogP contribution in [-0.4, -0.2) is 46.9 Å². The second kappa shape index (κ2) is 6.82. The van der Waals surface area contributed by atoms with Crippen LogP contribution in [0.15, 0.2) is 23.1 Å². The molecule has 9 heteroatoms. The minimum atomic E-state index is -3.90. The van der Waals surface area contributed by atoms with Gasteiger partial charge in [0.15, 0.2) is 0 Å². The molecule has 1 atom stereocenters. The number of aromatic hydroxyl groups is 1. The zero-order valence-electron chi connectivity index (χ0n) is 10.7. The Morgan fingerprint density at radius 3 is 2.60 bits per heavy atom. The number of rotatable bonds is 7. The lowest BCUT2D eigenvalue weighted by Crippen LogP contribution is -2.28. The molecule has 7 nitrogen and oxygen atoms in total. The molecule has 1 aromatic carbocycles. The Bertz CT molecular complexity index is 626. The number of carboxylic acid groups (broad SMARTS) is 1. The van der Waals surface area contributed by atoms with E-state index in [0.717, 1.165) is 18.2 Å². The normalized spacial score (nSPS) is 13.1. The molecular weight excluding hydrogens is 306 g/mol. The maximum Gasteiger partial charge on any atom is 0.339 e. The molecule has 0 aromatic heterocycles. The molecule has 0 saturated heterocycles. The highest BCUT2D eigenvalue weighted by molar-refractivity contribution is 7.89. The van der Waals surface area contributed by atoms with E-state index < -0.39 is 38.1 Å². The number of carboxylic acids is 1. The highest BCUT2D eigenvalue weighted by Gasteiger charge is 2.18. The number of benzene rings is 1. The molecule has 1 aromatic rings. The third-order valence-corrected chi connectivity index (χ3v) is 5.21. The van der Waals surface area contributed by atoms with Gasteiger partial charge in [-0.3, -0.25) is 4.21 Å². The Kier molecular flexibility index (Phi) is 5.66. The molecule has 0 radical (unpaired) electrons. The fraction of sp³-hybridized carbons (Fsp3) is 0.364. The van der Waals surface area contributed by atoms with Crippen molar-refractivity contribution in [2.75, 3.05) is 18.1 Å². The predicted molar refractivity (Wildman–Crippen MR) is 73.8 cm³/mol. The van der Waals surface area contributed by atoms with Crippen LogP contribution in [0.4, 0.5) is 0 Å². The van der Waals surface area contributed by atoms with E-state index in [1.54, 1.807) is 6.92 Å². The number of hydrogen-bond acceptors (Lipinski definition) is 5.